The number of carbonyl (C=O) groups excluding carboxylic acids is 1. The molecule has 0 aromatic rings. The molecule has 0 aliphatic rings. The molecule has 0 aliphatic heterocycles. The Hall–Kier alpha value is -1.06. The average Bonchev–Trinajstić information content (AvgIpc) is 1.65. The van der Waals surface area contributed by atoms with Crippen LogP contribution in [0.3, 0.4) is 0 Å². The number of nitrogens with one attached hydrogen (secondary N) is 1. The van der Waals surface area contributed by atoms with Gasteiger partial charge in [0.2, 0.25) is 5.91 Å². The molecule has 0 aliphatic carbocycles. The minimum Gasteiger partial charge on any atom is -0.465 e. The molecular formula is C4H7NO3. The highest BCUT2D eigenvalue weighted by Gasteiger charge is 1.99. The Labute approximate surface area is 46.5 Å². The van der Waals surface area contributed by atoms with E-state index >= 15 is 0 Å². The summed E-state index contributed by atoms with van der Waals surface area (Å²) in [5, 5.41) is 9.55. The van der Waals surface area contributed by atoms with Crippen molar-refractivity contribution in [2.45, 2.75) is 13.3 Å². The van der Waals surface area contributed by atoms with Gasteiger partial charge in [0.25, 0.3) is 0 Å². The highest BCUT2D eigenvalue weighted by Crippen LogP contribution is 1.72. The number of amides is 2. The number of rotatable bonds is 1. The summed E-state index contributed by atoms with van der Waals surface area (Å²) in [5.74, 6) is -0.475. The molecule has 0 saturated heterocycles. The van der Waals surface area contributed by atoms with Gasteiger partial charge in [0.05, 0.1) is 0 Å². The predicted molar refractivity (Wildman–Crippen MR) is 26.5 cm³/mol. The van der Waals surface area contributed by atoms with Crippen LogP contribution in [0.25, 0.3) is 0 Å². The highest BCUT2D eigenvalue weighted by atomic mass is 16.4. The molecule has 2 N–H and O–H groups in total. The third-order valence-electron chi connectivity index (χ3n) is 0.567. The number of hydrogen-bond donors (Lipinski definition) is 2. The first kappa shape index (κ1) is 6.94. The van der Waals surface area contributed by atoms with Crippen LogP contribution < -0.4 is 5.32 Å². The van der Waals surface area contributed by atoms with Gasteiger partial charge in [0.1, 0.15) is 0 Å². The molecule has 0 fully saturated rings. The molecule has 0 bridgehead atoms. The van der Waals surface area contributed by atoms with E-state index in [0.717, 1.165) is 0 Å². The zero-order chi connectivity index (χ0) is 6.57. The fraction of sp³-hybridized carbons (Fsp3) is 0.500. The molecule has 0 saturated carbocycles. The SMILES string of the molecule is CCC(=O)NC(=O)O. The Kier molecular flexibility index (Phi) is 2.61. The lowest BCUT2D eigenvalue weighted by Gasteiger charge is -1.91. The van der Waals surface area contributed by atoms with Crippen LogP contribution in [0.4, 0.5) is 4.79 Å². The molecular weight excluding hydrogens is 110 g/mol. The lowest BCUT2D eigenvalue weighted by Crippen LogP contribution is -2.27. The van der Waals surface area contributed by atoms with E-state index in [1.54, 1.807) is 12.2 Å². The van der Waals surface area contributed by atoms with Gasteiger partial charge in [-0.05, 0) is 0 Å². The van der Waals surface area contributed by atoms with E-state index in [9.17, 15) is 9.59 Å². The van der Waals surface area contributed by atoms with E-state index in [2.05, 4.69) is 0 Å². The highest BCUT2D eigenvalue weighted by molar-refractivity contribution is 5.90. The van der Waals surface area contributed by atoms with E-state index in [1.165, 1.54) is 0 Å². The van der Waals surface area contributed by atoms with Gasteiger partial charge in [-0.3, -0.25) is 10.1 Å². The van der Waals surface area contributed by atoms with Crippen LogP contribution in [0.5, 0.6) is 0 Å². The van der Waals surface area contributed by atoms with Crippen molar-refractivity contribution in [2.24, 2.45) is 0 Å². The van der Waals surface area contributed by atoms with Crippen LogP contribution >= 0.6 is 0 Å². The standard InChI is InChI=1S/C4H7NO3/c1-2-3(6)5-4(7)8/h2H2,1H3,(H,5,6)(H,7,8). The van der Waals surface area contributed by atoms with E-state index in [-0.39, 0.29) is 6.42 Å². The Balaban J connectivity index is 3.40. The summed E-state index contributed by atoms with van der Waals surface area (Å²) in [5.41, 5.74) is 0. The van der Waals surface area contributed by atoms with Crippen molar-refractivity contribution in [1.82, 2.24) is 5.32 Å². The fourth-order valence-corrected chi connectivity index (χ4v) is 0.208. The molecule has 0 aromatic heterocycles. The number of hydrogen-bond acceptors (Lipinski definition) is 2. The first-order chi connectivity index (χ1) is 3.66. The van der Waals surface area contributed by atoms with Crippen molar-refractivity contribution < 1.29 is 14.7 Å². The van der Waals surface area contributed by atoms with Gasteiger partial charge in [-0.2, -0.15) is 0 Å². The van der Waals surface area contributed by atoms with Crippen molar-refractivity contribution >= 4 is 12.0 Å². The van der Waals surface area contributed by atoms with Gasteiger partial charge in [0.15, 0.2) is 0 Å². The molecule has 4 nitrogen and oxygen atoms in total. The summed E-state index contributed by atoms with van der Waals surface area (Å²) >= 11 is 0. The average molecular weight is 117 g/mol. The smallest absolute Gasteiger partial charge is 0.411 e. The number of imide groups is 1. The third-order valence-corrected chi connectivity index (χ3v) is 0.567. The molecule has 4 heteroatoms. The second kappa shape index (κ2) is 3.01. The van der Waals surface area contributed by atoms with Gasteiger partial charge in [-0.1, -0.05) is 6.92 Å². The van der Waals surface area contributed by atoms with Crippen LogP contribution in [0.1, 0.15) is 13.3 Å². The molecule has 0 heterocycles. The van der Waals surface area contributed by atoms with Crippen molar-refractivity contribution in [3.05, 3.63) is 0 Å². The van der Waals surface area contributed by atoms with E-state index in [0.29, 0.717) is 0 Å². The van der Waals surface area contributed by atoms with Crippen LogP contribution in [-0.2, 0) is 4.79 Å². The van der Waals surface area contributed by atoms with Crippen LogP contribution in [0, 0.1) is 0 Å². The maximum Gasteiger partial charge on any atom is 0.411 e. The Morgan fingerprint density at radius 1 is 1.62 bits per heavy atom. The zero-order valence-corrected chi connectivity index (χ0v) is 4.47. The van der Waals surface area contributed by atoms with Crippen molar-refractivity contribution in [2.75, 3.05) is 0 Å². The molecule has 8 heavy (non-hydrogen) atoms. The Morgan fingerprint density at radius 3 is 2.25 bits per heavy atom. The molecule has 0 radical (unpaired) electrons. The van der Waals surface area contributed by atoms with E-state index in [4.69, 9.17) is 5.11 Å². The van der Waals surface area contributed by atoms with E-state index < -0.39 is 12.0 Å². The first-order valence-electron chi connectivity index (χ1n) is 2.19. The van der Waals surface area contributed by atoms with Gasteiger partial charge >= 0.3 is 6.09 Å². The van der Waals surface area contributed by atoms with Crippen LogP contribution in [-0.4, -0.2) is 17.1 Å². The third kappa shape index (κ3) is 3.14. The second-order valence-corrected chi connectivity index (χ2v) is 1.21. The fourth-order valence-electron chi connectivity index (χ4n) is 0.208. The lowest BCUT2D eigenvalue weighted by atomic mass is 10.5. The topological polar surface area (TPSA) is 66.4 Å². The van der Waals surface area contributed by atoms with E-state index in [1.807, 2.05) is 0 Å². The lowest BCUT2D eigenvalue weighted by molar-refractivity contribution is -0.119. The summed E-state index contributed by atoms with van der Waals surface area (Å²) in [6.45, 7) is 1.58. The molecule has 0 rings (SSSR count). The molecule has 46 valence electrons. The van der Waals surface area contributed by atoms with Gasteiger partial charge in [0, 0.05) is 6.42 Å². The van der Waals surface area contributed by atoms with Crippen molar-refractivity contribution in [1.29, 1.82) is 0 Å². The summed E-state index contributed by atoms with van der Waals surface area (Å²) in [6.07, 6.45) is -1.09. The van der Waals surface area contributed by atoms with Gasteiger partial charge in [-0.25, -0.2) is 4.79 Å². The minimum atomic E-state index is -1.29. The maximum atomic E-state index is 10.1. The summed E-state index contributed by atoms with van der Waals surface area (Å²) in [7, 11) is 0. The largest absolute Gasteiger partial charge is 0.465 e. The second-order valence-electron chi connectivity index (χ2n) is 1.21. The first-order valence-corrected chi connectivity index (χ1v) is 2.19. The normalized spacial score (nSPS) is 8.12. The van der Waals surface area contributed by atoms with Crippen LogP contribution in [0.15, 0.2) is 0 Å². The number of carboxylic acid groups (broad SMARTS) is 1. The monoisotopic (exact) mass is 117 g/mol. The van der Waals surface area contributed by atoms with Crippen LogP contribution in [0.2, 0.25) is 0 Å². The van der Waals surface area contributed by atoms with Gasteiger partial charge < -0.3 is 5.11 Å². The number of carbonyl (C=O) groups is 2. The zero-order valence-electron chi connectivity index (χ0n) is 4.47. The Morgan fingerprint density at radius 2 is 2.12 bits per heavy atom. The molecule has 0 atom stereocenters. The van der Waals surface area contributed by atoms with Gasteiger partial charge in [-0.15, -0.1) is 0 Å². The molecule has 2 amide bonds. The maximum absolute atomic E-state index is 10.1. The summed E-state index contributed by atoms with van der Waals surface area (Å²) in [4.78, 5) is 19.8. The quantitative estimate of drug-likeness (QED) is 0.515. The summed E-state index contributed by atoms with van der Waals surface area (Å²) < 4.78 is 0. The predicted octanol–water partition coefficient (Wildman–Crippen LogP) is 0.191. The molecule has 0 unspecified atom stereocenters. The molecule has 0 aromatic carbocycles. The van der Waals surface area contributed by atoms with Crippen molar-refractivity contribution in [3.63, 3.8) is 0 Å². The molecule has 0 spiro atoms. The Bertz CT molecular complexity index is 110. The summed E-state index contributed by atoms with van der Waals surface area (Å²) in [6, 6.07) is 0. The minimum absolute atomic E-state index is 0.201. The van der Waals surface area contributed by atoms with Crippen molar-refractivity contribution in [3.8, 4) is 0 Å².